The lowest BCUT2D eigenvalue weighted by Crippen LogP contribution is -2.24. The van der Waals surface area contributed by atoms with Gasteiger partial charge in [-0.3, -0.25) is 4.79 Å². The van der Waals surface area contributed by atoms with Gasteiger partial charge in [0.05, 0.1) is 4.34 Å². The first-order chi connectivity index (χ1) is 6.59. The summed E-state index contributed by atoms with van der Waals surface area (Å²) < 4.78 is 0.781. The highest BCUT2D eigenvalue weighted by Crippen LogP contribution is 2.24. The average molecular weight is 233 g/mol. The topological polar surface area (TPSA) is 55.1 Å². The molecule has 1 aromatic heterocycles. The molecule has 5 heteroatoms. The summed E-state index contributed by atoms with van der Waals surface area (Å²) in [6, 6.07) is 2.13. The fourth-order valence-corrected chi connectivity index (χ4v) is 2.06. The molecular weight excluding hydrogens is 220 g/mol. The van der Waals surface area contributed by atoms with Gasteiger partial charge in [0.25, 0.3) is 0 Å². The molecule has 78 valence electrons. The predicted molar refractivity (Wildman–Crippen MR) is 59.6 cm³/mol. The maximum absolute atomic E-state index is 10.5. The zero-order valence-corrected chi connectivity index (χ0v) is 9.49. The summed E-state index contributed by atoms with van der Waals surface area (Å²) in [5, 5.41) is 5.19. The maximum atomic E-state index is 10.5. The minimum absolute atomic E-state index is 0.207. The van der Waals surface area contributed by atoms with Gasteiger partial charge >= 0.3 is 0 Å². The summed E-state index contributed by atoms with van der Waals surface area (Å²) >= 11 is 7.31. The van der Waals surface area contributed by atoms with E-state index < -0.39 is 0 Å². The van der Waals surface area contributed by atoms with E-state index >= 15 is 0 Å². The Labute approximate surface area is 92.3 Å². The second kappa shape index (κ2) is 5.34. The average Bonchev–Trinajstić information content (AvgIpc) is 2.51. The fraction of sp³-hybridized carbons (Fsp3) is 0.444. The van der Waals surface area contributed by atoms with Gasteiger partial charge in [-0.15, -0.1) is 11.3 Å². The molecule has 0 radical (unpaired) electrons. The molecular formula is C9H13ClN2OS. The molecule has 1 amide bonds. The van der Waals surface area contributed by atoms with Crippen molar-refractivity contribution in [1.29, 1.82) is 0 Å². The van der Waals surface area contributed by atoms with Gasteiger partial charge in [0.2, 0.25) is 5.91 Å². The van der Waals surface area contributed by atoms with E-state index in [9.17, 15) is 4.79 Å². The Morgan fingerprint density at radius 3 is 3.00 bits per heavy atom. The van der Waals surface area contributed by atoms with E-state index in [1.807, 2.05) is 18.4 Å². The molecule has 0 saturated heterocycles. The molecule has 0 fully saturated rings. The van der Waals surface area contributed by atoms with Crippen molar-refractivity contribution in [3.05, 3.63) is 21.3 Å². The van der Waals surface area contributed by atoms with Crippen LogP contribution in [0.15, 0.2) is 11.4 Å². The largest absolute Gasteiger partial charge is 0.370 e. The zero-order valence-electron chi connectivity index (χ0n) is 7.92. The SMILES string of the molecule is CC(NCCC(N)=O)c1csc(Cl)c1. The molecule has 3 N–H and O–H groups in total. The molecule has 0 aromatic carbocycles. The van der Waals surface area contributed by atoms with Crippen LogP contribution < -0.4 is 11.1 Å². The first-order valence-electron chi connectivity index (χ1n) is 4.35. The number of rotatable bonds is 5. The number of carbonyl (C=O) groups excluding carboxylic acids is 1. The van der Waals surface area contributed by atoms with E-state index in [2.05, 4.69) is 5.32 Å². The summed E-state index contributed by atoms with van der Waals surface area (Å²) in [6.07, 6.45) is 0.363. The number of hydrogen-bond acceptors (Lipinski definition) is 3. The Bertz CT molecular complexity index is 314. The van der Waals surface area contributed by atoms with Gasteiger partial charge < -0.3 is 11.1 Å². The third kappa shape index (κ3) is 3.65. The van der Waals surface area contributed by atoms with Crippen LogP contribution in [-0.2, 0) is 4.79 Å². The normalized spacial score (nSPS) is 12.7. The van der Waals surface area contributed by atoms with Gasteiger partial charge in [-0.2, -0.15) is 0 Å². The summed E-state index contributed by atoms with van der Waals surface area (Å²) in [6.45, 7) is 2.63. The fourth-order valence-electron chi connectivity index (χ4n) is 1.08. The summed E-state index contributed by atoms with van der Waals surface area (Å²) in [5.41, 5.74) is 6.17. The minimum Gasteiger partial charge on any atom is -0.370 e. The predicted octanol–water partition coefficient (Wildman–Crippen LogP) is 1.93. The lowest BCUT2D eigenvalue weighted by molar-refractivity contribution is -0.117. The smallest absolute Gasteiger partial charge is 0.218 e. The number of nitrogens with one attached hydrogen (secondary N) is 1. The Morgan fingerprint density at radius 1 is 1.79 bits per heavy atom. The van der Waals surface area contributed by atoms with Gasteiger partial charge in [0.15, 0.2) is 0 Å². The molecule has 0 saturated carbocycles. The van der Waals surface area contributed by atoms with Crippen molar-refractivity contribution in [3.8, 4) is 0 Å². The van der Waals surface area contributed by atoms with Crippen molar-refractivity contribution in [2.75, 3.05) is 6.54 Å². The monoisotopic (exact) mass is 232 g/mol. The number of nitrogens with two attached hydrogens (primary N) is 1. The highest BCUT2D eigenvalue weighted by molar-refractivity contribution is 7.14. The number of thiophene rings is 1. The van der Waals surface area contributed by atoms with Crippen LogP contribution in [0.25, 0.3) is 0 Å². The molecule has 0 aliphatic carbocycles. The van der Waals surface area contributed by atoms with E-state index in [1.54, 1.807) is 0 Å². The second-order valence-electron chi connectivity index (χ2n) is 3.08. The molecule has 1 atom stereocenters. The molecule has 14 heavy (non-hydrogen) atoms. The molecule has 1 unspecified atom stereocenters. The van der Waals surface area contributed by atoms with Crippen LogP contribution in [0.5, 0.6) is 0 Å². The molecule has 0 bridgehead atoms. The van der Waals surface area contributed by atoms with Gasteiger partial charge in [0.1, 0.15) is 0 Å². The minimum atomic E-state index is -0.284. The van der Waals surface area contributed by atoms with E-state index in [0.717, 1.165) is 9.90 Å². The van der Waals surface area contributed by atoms with E-state index in [1.165, 1.54) is 11.3 Å². The van der Waals surface area contributed by atoms with Crippen LogP contribution in [0, 0.1) is 0 Å². The quantitative estimate of drug-likeness (QED) is 0.815. The first-order valence-corrected chi connectivity index (χ1v) is 5.61. The van der Waals surface area contributed by atoms with Crippen molar-refractivity contribution >= 4 is 28.8 Å². The zero-order chi connectivity index (χ0) is 10.6. The van der Waals surface area contributed by atoms with E-state index in [-0.39, 0.29) is 11.9 Å². The number of carbonyl (C=O) groups is 1. The molecule has 1 aromatic rings. The number of hydrogen-bond donors (Lipinski definition) is 2. The van der Waals surface area contributed by atoms with E-state index in [4.69, 9.17) is 17.3 Å². The Kier molecular flexibility index (Phi) is 4.38. The highest BCUT2D eigenvalue weighted by atomic mass is 35.5. The highest BCUT2D eigenvalue weighted by Gasteiger charge is 2.06. The van der Waals surface area contributed by atoms with Crippen LogP contribution in [0.1, 0.15) is 24.9 Å². The maximum Gasteiger partial charge on any atom is 0.218 e. The molecule has 0 aliphatic rings. The number of primary amides is 1. The van der Waals surface area contributed by atoms with Crippen molar-refractivity contribution in [3.63, 3.8) is 0 Å². The van der Waals surface area contributed by atoms with Crippen molar-refractivity contribution in [2.24, 2.45) is 5.73 Å². The molecule has 1 rings (SSSR count). The number of amides is 1. The van der Waals surface area contributed by atoms with Crippen LogP contribution in [0.2, 0.25) is 4.34 Å². The lowest BCUT2D eigenvalue weighted by atomic mass is 10.2. The Hall–Kier alpha value is -0.580. The summed E-state index contributed by atoms with van der Waals surface area (Å²) in [5.74, 6) is -0.284. The molecule has 0 spiro atoms. The third-order valence-electron chi connectivity index (χ3n) is 1.91. The molecule has 3 nitrogen and oxygen atoms in total. The van der Waals surface area contributed by atoms with Crippen LogP contribution in [0.4, 0.5) is 0 Å². The molecule has 0 aliphatic heterocycles. The third-order valence-corrected chi connectivity index (χ3v) is 3.02. The lowest BCUT2D eigenvalue weighted by Gasteiger charge is -2.10. The Morgan fingerprint density at radius 2 is 2.50 bits per heavy atom. The van der Waals surface area contributed by atoms with Crippen LogP contribution in [-0.4, -0.2) is 12.5 Å². The van der Waals surface area contributed by atoms with Gasteiger partial charge in [-0.25, -0.2) is 0 Å². The van der Waals surface area contributed by atoms with Gasteiger partial charge in [0, 0.05) is 19.0 Å². The summed E-state index contributed by atoms with van der Waals surface area (Å²) in [7, 11) is 0. The van der Waals surface area contributed by atoms with Crippen molar-refractivity contribution in [1.82, 2.24) is 5.32 Å². The second-order valence-corrected chi connectivity index (χ2v) is 4.62. The van der Waals surface area contributed by atoms with Crippen LogP contribution >= 0.6 is 22.9 Å². The van der Waals surface area contributed by atoms with Crippen LogP contribution in [0.3, 0.4) is 0 Å². The number of halogens is 1. The van der Waals surface area contributed by atoms with Gasteiger partial charge in [-0.1, -0.05) is 11.6 Å². The Balaban J connectivity index is 2.35. The van der Waals surface area contributed by atoms with Crippen molar-refractivity contribution < 1.29 is 4.79 Å². The van der Waals surface area contributed by atoms with E-state index in [0.29, 0.717) is 13.0 Å². The van der Waals surface area contributed by atoms with Crippen molar-refractivity contribution in [2.45, 2.75) is 19.4 Å². The molecule has 1 heterocycles. The first kappa shape index (κ1) is 11.5. The van der Waals surface area contributed by atoms with Gasteiger partial charge in [-0.05, 0) is 23.9 Å². The summed E-state index contributed by atoms with van der Waals surface area (Å²) in [4.78, 5) is 10.5. The standard InChI is InChI=1S/C9H13ClN2OS/c1-6(12-3-2-9(11)13)7-4-8(10)14-5-7/h4-6,12H,2-3H2,1H3,(H2,11,13).